The number of nitrogens with one attached hydrogen (secondary N) is 2. The van der Waals surface area contributed by atoms with Gasteiger partial charge in [0.25, 0.3) is 11.5 Å². The van der Waals surface area contributed by atoms with E-state index in [-0.39, 0.29) is 42.2 Å². The third-order valence-electron chi connectivity index (χ3n) is 6.24. The van der Waals surface area contributed by atoms with Gasteiger partial charge < -0.3 is 14.5 Å². The van der Waals surface area contributed by atoms with Crippen LogP contribution in [0.5, 0.6) is 11.5 Å². The van der Waals surface area contributed by atoms with Crippen molar-refractivity contribution in [3.05, 3.63) is 70.0 Å². The molecule has 3 aromatic rings. The summed E-state index contributed by atoms with van der Waals surface area (Å²) in [6.45, 7) is 3.73. The van der Waals surface area contributed by atoms with Crippen molar-refractivity contribution in [2.75, 3.05) is 13.2 Å². The number of pyridine rings is 1. The SMILES string of the molecule is CCOc1cc(OCCCC(F)(F)F)ccc1-c1cc(-c2ccc(C)cc2)c(C(=O)NS(=O)(=O)C2CC2)c(=O)[nH]1. The molecule has 2 N–H and O–H groups in total. The van der Waals surface area contributed by atoms with Crippen LogP contribution in [0.4, 0.5) is 13.2 Å². The van der Waals surface area contributed by atoms with Crippen LogP contribution in [-0.4, -0.2) is 43.9 Å². The fourth-order valence-electron chi connectivity index (χ4n) is 4.09. The molecule has 0 spiro atoms. The molecule has 0 bridgehead atoms. The number of H-pyrrole nitrogens is 1. The van der Waals surface area contributed by atoms with Crippen LogP contribution in [-0.2, 0) is 10.0 Å². The number of ether oxygens (including phenoxy) is 2. The molecule has 1 aromatic heterocycles. The van der Waals surface area contributed by atoms with E-state index in [1.807, 2.05) is 11.6 Å². The van der Waals surface area contributed by atoms with Gasteiger partial charge >= 0.3 is 6.18 Å². The first kappa shape index (κ1) is 29.2. The number of sulfonamides is 1. The minimum absolute atomic E-state index is 0.146. The smallest absolute Gasteiger partial charge is 0.389 e. The molecule has 1 aliphatic rings. The van der Waals surface area contributed by atoms with E-state index in [1.54, 1.807) is 43.3 Å². The van der Waals surface area contributed by atoms with Gasteiger partial charge in [-0.3, -0.25) is 9.59 Å². The van der Waals surface area contributed by atoms with Gasteiger partial charge in [-0.1, -0.05) is 29.8 Å². The predicted molar refractivity (Wildman–Crippen MR) is 144 cm³/mol. The summed E-state index contributed by atoms with van der Waals surface area (Å²) in [5.41, 5.74) is 1.26. The van der Waals surface area contributed by atoms with Gasteiger partial charge in [0.05, 0.1) is 24.2 Å². The van der Waals surface area contributed by atoms with Crippen molar-refractivity contribution in [1.82, 2.24) is 9.71 Å². The largest absolute Gasteiger partial charge is 0.493 e. The Labute approximate surface area is 229 Å². The first-order valence-corrected chi connectivity index (χ1v) is 14.3. The van der Waals surface area contributed by atoms with Crippen LogP contribution in [0, 0.1) is 6.92 Å². The lowest BCUT2D eigenvalue weighted by Gasteiger charge is -2.16. The summed E-state index contributed by atoms with van der Waals surface area (Å²) in [6, 6.07) is 13.3. The fourth-order valence-corrected chi connectivity index (χ4v) is 5.37. The number of halogens is 3. The molecule has 0 radical (unpaired) electrons. The number of rotatable bonds is 11. The summed E-state index contributed by atoms with van der Waals surface area (Å²) in [7, 11) is -3.90. The maximum absolute atomic E-state index is 13.3. The quantitative estimate of drug-likeness (QED) is 0.296. The Kier molecular flexibility index (Phi) is 8.57. The number of aromatic amines is 1. The van der Waals surface area contributed by atoms with Crippen molar-refractivity contribution >= 4 is 15.9 Å². The van der Waals surface area contributed by atoms with Crippen molar-refractivity contribution in [2.24, 2.45) is 0 Å². The molecule has 1 amide bonds. The number of benzene rings is 2. The zero-order valence-electron chi connectivity index (χ0n) is 21.9. The lowest BCUT2D eigenvalue weighted by molar-refractivity contribution is -0.136. The van der Waals surface area contributed by atoms with Crippen molar-refractivity contribution in [1.29, 1.82) is 0 Å². The highest BCUT2D eigenvalue weighted by Crippen LogP contribution is 2.35. The molecule has 214 valence electrons. The molecule has 0 saturated heterocycles. The normalized spacial score (nSPS) is 13.6. The Morgan fingerprint density at radius 2 is 1.75 bits per heavy atom. The van der Waals surface area contributed by atoms with E-state index in [2.05, 4.69) is 4.98 Å². The molecular weight excluding hydrogens is 549 g/mol. The summed E-state index contributed by atoms with van der Waals surface area (Å²) >= 11 is 0. The van der Waals surface area contributed by atoms with Crippen LogP contribution in [0.1, 0.15) is 48.5 Å². The molecule has 0 aliphatic heterocycles. The number of carbonyl (C=O) groups excluding carboxylic acids is 1. The molecule has 0 unspecified atom stereocenters. The molecule has 1 fully saturated rings. The number of aromatic nitrogens is 1. The molecule has 8 nitrogen and oxygen atoms in total. The van der Waals surface area contributed by atoms with Gasteiger partial charge in [-0.15, -0.1) is 0 Å². The molecule has 1 aliphatic carbocycles. The zero-order chi connectivity index (χ0) is 29.1. The number of amides is 1. The lowest BCUT2D eigenvalue weighted by atomic mass is 9.97. The molecular formula is C28H29F3N2O6S. The Bertz CT molecular complexity index is 1550. The van der Waals surface area contributed by atoms with Crippen molar-refractivity contribution < 1.29 is 35.9 Å². The average Bonchev–Trinajstić information content (AvgIpc) is 3.73. The number of hydrogen-bond donors (Lipinski definition) is 2. The highest BCUT2D eigenvalue weighted by atomic mass is 32.2. The summed E-state index contributed by atoms with van der Waals surface area (Å²) in [5.74, 6) is -0.436. The lowest BCUT2D eigenvalue weighted by Crippen LogP contribution is -2.37. The third kappa shape index (κ3) is 7.23. The van der Waals surface area contributed by atoms with E-state index in [1.165, 1.54) is 12.1 Å². The first-order valence-electron chi connectivity index (χ1n) is 12.7. The summed E-state index contributed by atoms with van der Waals surface area (Å²) < 4.78 is 75.4. The molecule has 1 saturated carbocycles. The van der Waals surface area contributed by atoms with Crippen LogP contribution in [0.15, 0.2) is 53.3 Å². The number of hydrogen-bond acceptors (Lipinski definition) is 6. The second kappa shape index (κ2) is 11.7. The van der Waals surface area contributed by atoms with E-state index in [0.29, 0.717) is 29.7 Å². The monoisotopic (exact) mass is 578 g/mol. The van der Waals surface area contributed by atoms with E-state index in [4.69, 9.17) is 9.47 Å². The Morgan fingerprint density at radius 1 is 1.05 bits per heavy atom. The van der Waals surface area contributed by atoms with Crippen molar-refractivity contribution in [2.45, 2.75) is 51.0 Å². The molecule has 12 heteroatoms. The second-order valence-electron chi connectivity index (χ2n) is 9.50. The second-order valence-corrected chi connectivity index (χ2v) is 11.5. The topological polar surface area (TPSA) is 115 Å². The van der Waals surface area contributed by atoms with Gasteiger partial charge in [-0.25, -0.2) is 13.1 Å². The Balaban J connectivity index is 1.73. The highest BCUT2D eigenvalue weighted by molar-refractivity contribution is 7.91. The van der Waals surface area contributed by atoms with Gasteiger partial charge in [0.1, 0.15) is 17.1 Å². The minimum atomic E-state index is -4.27. The fraction of sp³-hybridized carbons (Fsp3) is 0.357. The van der Waals surface area contributed by atoms with E-state index in [0.717, 1.165) is 5.56 Å². The number of aryl methyl sites for hydroxylation is 1. The molecule has 1 heterocycles. The average molecular weight is 579 g/mol. The molecule has 2 aromatic carbocycles. The van der Waals surface area contributed by atoms with E-state index in [9.17, 15) is 31.2 Å². The van der Waals surface area contributed by atoms with Gasteiger partial charge in [-0.2, -0.15) is 13.2 Å². The van der Waals surface area contributed by atoms with E-state index < -0.39 is 39.3 Å². The van der Waals surface area contributed by atoms with E-state index >= 15 is 0 Å². The van der Waals surface area contributed by atoms with Crippen LogP contribution in [0.3, 0.4) is 0 Å². The Morgan fingerprint density at radius 3 is 2.38 bits per heavy atom. The maximum Gasteiger partial charge on any atom is 0.389 e. The summed E-state index contributed by atoms with van der Waals surface area (Å²) in [5, 5.41) is -0.652. The first-order chi connectivity index (χ1) is 18.9. The molecule has 4 rings (SSSR count). The van der Waals surface area contributed by atoms with Gasteiger partial charge in [0.2, 0.25) is 10.0 Å². The van der Waals surface area contributed by atoms with Gasteiger partial charge in [0.15, 0.2) is 0 Å². The number of alkyl halides is 3. The van der Waals surface area contributed by atoms with Crippen LogP contribution >= 0.6 is 0 Å². The minimum Gasteiger partial charge on any atom is -0.493 e. The van der Waals surface area contributed by atoms with Crippen molar-refractivity contribution in [3.8, 4) is 33.9 Å². The Hall–Kier alpha value is -3.80. The molecule has 0 atom stereocenters. The molecule has 40 heavy (non-hydrogen) atoms. The van der Waals surface area contributed by atoms with Gasteiger partial charge in [-0.05, 0) is 56.9 Å². The predicted octanol–water partition coefficient (Wildman–Crippen LogP) is 5.36. The summed E-state index contributed by atoms with van der Waals surface area (Å²) in [6.07, 6.45) is -4.54. The van der Waals surface area contributed by atoms with Crippen LogP contribution < -0.4 is 19.8 Å². The third-order valence-corrected chi connectivity index (χ3v) is 8.06. The number of carbonyl (C=O) groups is 1. The van der Waals surface area contributed by atoms with Crippen LogP contribution in [0.2, 0.25) is 0 Å². The zero-order valence-corrected chi connectivity index (χ0v) is 22.7. The van der Waals surface area contributed by atoms with Crippen LogP contribution in [0.25, 0.3) is 22.4 Å². The van der Waals surface area contributed by atoms with Crippen molar-refractivity contribution in [3.63, 3.8) is 0 Å². The van der Waals surface area contributed by atoms with Gasteiger partial charge in [0, 0.05) is 23.6 Å². The highest BCUT2D eigenvalue weighted by Gasteiger charge is 2.37. The maximum atomic E-state index is 13.3. The summed E-state index contributed by atoms with van der Waals surface area (Å²) in [4.78, 5) is 29.1. The standard InChI is InChI=1S/C28H29F3N2O6S/c1-3-38-24-15-19(39-14-4-13-28(29,30)31)9-12-21(24)23-16-22(18-7-5-17(2)6-8-18)25(26(34)32-23)27(35)33-40(36,37)20-10-11-20/h5-9,12,15-16,20H,3-4,10-11,13-14H2,1-2H3,(H,32,34)(H,33,35).